The van der Waals surface area contributed by atoms with Crippen LogP contribution in [0.25, 0.3) is 11.4 Å². The van der Waals surface area contributed by atoms with Crippen LogP contribution in [-0.2, 0) is 14.8 Å². The van der Waals surface area contributed by atoms with Crippen molar-refractivity contribution in [2.75, 3.05) is 31.5 Å². The Bertz CT molecular complexity index is 1360. The molecule has 1 saturated carbocycles. The molecule has 2 aliphatic rings. The van der Waals surface area contributed by atoms with Gasteiger partial charge in [-0.2, -0.15) is 9.40 Å². The van der Waals surface area contributed by atoms with Crippen molar-refractivity contribution >= 4 is 27.5 Å². The van der Waals surface area contributed by atoms with Crippen molar-refractivity contribution in [3.05, 3.63) is 59.9 Å². The van der Waals surface area contributed by atoms with E-state index in [1.165, 1.54) is 35.5 Å². The van der Waals surface area contributed by atoms with Crippen LogP contribution in [0.15, 0.2) is 53.4 Å². The third-order valence-electron chi connectivity index (χ3n) is 6.28. The van der Waals surface area contributed by atoms with Gasteiger partial charge in [0.15, 0.2) is 5.82 Å². The second-order valence-electron chi connectivity index (χ2n) is 8.79. The molecule has 0 radical (unpaired) electrons. The first-order valence-corrected chi connectivity index (χ1v) is 12.9. The van der Waals surface area contributed by atoms with E-state index < -0.39 is 10.0 Å². The van der Waals surface area contributed by atoms with Crippen molar-refractivity contribution in [2.45, 2.75) is 30.6 Å². The normalized spacial score (nSPS) is 16.8. The molecule has 0 atom stereocenters. The highest BCUT2D eigenvalue weighted by molar-refractivity contribution is 7.89. The van der Waals surface area contributed by atoms with Gasteiger partial charge in [-0.3, -0.25) is 14.7 Å². The number of piperazine rings is 1. The summed E-state index contributed by atoms with van der Waals surface area (Å²) in [6.07, 6.45) is 2.25. The molecule has 10 nitrogen and oxygen atoms in total. The summed E-state index contributed by atoms with van der Waals surface area (Å²) in [7, 11) is -3.70. The van der Waals surface area contributed by atoms with Gasteiger partial charge in [-0.1, -0.05) is 12.1 Å². The van der Waals surface area contributed by atoms with E-state index in [0.717, 1.165) is 24.2 Å². The number of benzene rings is 2. The minimum absolute atomic E-state index is 0.0633. The van der Waals surface area contributed by atoms with E-state index in [-0.39, 0.29) is 29.8 Å². The number of hydrogen-bond donors (Lipinski definition) is 2. The minimum Gasteiger partial charge on any atom is -0.340 e. The molecule has 1 aromatic heterocycles. The fourth-order valence-electron chi connectivity index (χ4n) is 4.05. The lowest BCUT2D eigenvalue weighted by molar-refractivity contribution is -0.129. The Morgan fingerprint density at radius 1 is 1.03 bits per heavy atom. The van der Waals surface area contributed by atoms with Crippen molar-refractivity contribution in [3.63, 3.8) is 0 Å². The van der Waals surface area contributed by atoms with Gasteiger partial charge in [0.2, 0.25) is 15.9 Å². The fraction of sp³-hybridized carbons (Fsp3) is 0.333. The molecule has 0 spiro atoms. The SMILES string of the molecule is CC(=O)N1CCN(S(=O)(=O)c2ccc(C(=O)Nc3cccc(-c4n[nH]c(C5CC5)n4)c3)cc2)CC1. The van der Waals surface area contributed by atoms with Crippen LogP contribution >= 0.6 is 0 Å². The topological polar surface area (TPSA) is 128 Å². The molecule has 3 aromatic rings. The molecule has 2 aromatic carbocycles. The van der Waals surface area contributed by atoms with E-state index in [0.29, 0.717) is 36.1 Å². The van der Waals surface area contributed by atoms with Crippen LogP contribution in [0.5, 0.6) is 0 Å². The number of sulfonamides is 1. The highest BCUT2D eigenvalue weighted by Crippen LogP contribution is 2.38. The fourth-order valence-corrected chi connectivity index (χ4v) is 5.47. The number of amides is 2. The molecule has 35 heavy (non-hydrogen) atoms. The van der Waals surface area contributed by atoms with Crippen molar-refractivity contribution in [1.82, 2.24) is 24.4 Å². The molecule has 2 fully saturated rings. The largest absolute Gasteiger partial charge is 0.340 e. The molecular formula is C24H26N6O4S. The predicted molar refractivity (Wildman–Crippen MR) is 129 cm³/mol. The molecule has 182 valence electrons. The Hall–Kier alpha value is -3.57. The van der Waals surface area contributed by atoms with Gasteiger partial charge in [0, 0.05) is 55.8 Å². The number of rotatable bonds is 6. The Labute approximate surface area is 203 Å². The maximum atomic E-state index is 13.0. The number of carbonyl (C=O) groups excluding carboxylic acids is 2. The van der Waals surface area contributed by atoms with Crippen LogP contribution in [0.4, 0.5) is 5.69 Å². The number of H-pyrrole nitrogens is 1. The number of aromatic amines is 1. The Morgan fingerprint density at radius 2 is 1.74 bits per heavy atom. The number of nitrogens with zero attached hydrogens (tertiary/aromatic N) is 4. The van der Waals surface area contributed by atoms with Gasteiger partial charge in [0.25, 0.3) is 5.91 Å². The summed E-state index contributed by atoms with van der Waals surface area (Å²) in [4.78, 5) is 30.6. The van der Waals surface area contributed by atoms with Crippen molar-refractivity contribution in [2.24, 2.45) is 0 Å². The number of nitrogens with one attached hydrogen (secondary N) is 2. The van der Waals surface area contributed by atoms with Crippen LogP contribution in [0.2, 0.25) is 0 Å². The van der Waals surface area contributed by atoms with Gasteiger partial charge in [-0.05, 0) is 49.2 Å². The lowest BCUT2D eigenvalue weighted by Crippen LogP contribution is -2.49. The average Bonchev–Trinajstić information content (AvgIpc) is 3.60. The maximum Gasteiger partial charge on any atom is 0.255 e. The van der Waals surface area contributed by atoms with E-state index in [1.807, 2.05) is 12.1 Å². The average molecular weight is 495 g/mol. The second kappa shape index (κ2) is 9.23. The van der Waals surface area contributed by atoms with E-state index in [4.69, 9.17) is 0 Å². The van der Waals surface area contributed by atoms with Crippen molar-refractivity contribution in [3.8, 4) is 11.4 Å². The number of carbonyl (C=O) groups is 2. The van der Waals surface area contributed by atoms with Gasteiger partial charge in [-0.15, -0.1) is 0 Å². The zero-order chi connectivity index (χ0) is 24.6. The molecule has 1 saturated heterocycles. The summed E-state index contributed by atoms with van der Waals surface area (Å²) < 4.78 is 27.3. The molecule has 11 heteroatoms. The Balaban J connectivity index is 1.25. The first-order valence-electron chi connectivity index (χ1n) is 11.5. The molecule has 1 aliphatic heterocycles. The highest BCUT2D eigenvalue weighted by Gasteiger charge is 2.29. The summed E-state index contributed by atoms with van der Waals surface area (Å²) in [5.74, 6) is 1.53. The summed E-state index contributed by atoms with van der Waals surface area (Å²) in [6.45, 7) is 2.69. The van der Waals surface area contributed by atoms with Crippen LogP contribution in [-0.4, -0.2) is 70.8 Å². The van der Waals surface area contributed by atoms with Gasteiger partial charge in [0.05, 0.1) is 4.90 Å². The van der Waals surface area contributed by atoms with Gasteiger partial charge >= 0.3 is 0 Å². The van der Waals surface area contributed by atoms with Crippen LogP contribution in [0.3, 0.4) is 0 Å². The number of hydrogen-bond acceptors (Lipinski definition) is 6. The predicted octanol–water partition coefficient (Wildman–Crippen LogP) is 2.45. The van der Waals surface area contributed by atoms with E-state index in [1.54, 1.807) is 17.0 Å². The highest BCUT2D eigenvalue weighted by atomic mass is 32.2. The lowest BCUT2D eigenvalue weighted by atomic mass is 10.1. The van der Waals surface area contributed by atoms with Crippen molar-refractivity contribution < 1.29 is 18.0 Å². The Morgan fingerprint density at radius 3 is 2.40 bits per heavy atom. The van der Waals surface area contributed by atoms with Gasteiger partial charge < -0.3 is 10.2 Å². The molecule has 1 aliphatic carbocycles. The maximum absolute atomic E-state index is 13.0. The molecule has 2 heterocycles. The smallest absolute Gasteiger partial charge is 0.255 e. The molecule has 0 bridgehead atoms. The second-order valence-corrected chi connectivity index (χ2v) is 10.7. The van der Waals surface area contributed by atoms with Crippen molar-refractivity contribution in [1.29, 1.82) is 0 Å². The third kappa shape index (κ3) is 4.96. The van der Waals surface area contributed by atoms with Crippen LogP contribution in [0.1, 0.15) is 41.9 Å². The number of aromatic nitrogens is 3. The van der Waals surface area contributed by atoms with E-state index in [9.17, 15) is 18.0 Å². The molecule has 0 unspecified atom stereocenters. The summed E-state index contributed by atoms with van der Waals surface area (Å²) >= 11 is 0. The zero-order valence-corrected chi connectivity index (χ0v) is 20.1. The first kappa shape index (κ1) is 23.2. The van der Waals surface area contributed by atoms with Crippen LogP contribution < -0.4 is 5.32 Å². The van der Waals surface area contributed by atoms with Crippen LogP contribution in [0, 0.1) is 0 Å². The van der Waals surface area contributed by atoms with E-state index >= 15 is 0 Å². The molecular weight excluding hydrogens is 468 g/mol. The standard InChI is InChI=1S/C24H26N6O4S/c1-16(31)29-11-13-30(14-12-29)35(33,34)21-9-7-18(8-10-21)24(32)25-20-4-2-3-19(15-20)23-26-22(27-28-23)17-5-6-17/h2-4,7-10,15,17H,5-6,11-14H2,1H3,(H,25,32)(H,26,27,28). The van der Waals surface area contributed by atoms with Gasteiger partial charge in [0.1, 0.15) is 5.82 Å². The minimum atomic E-state index is -3.70. The molecule has 2 amide bonds. The first-order chi connectivity index (χ1) is 16.8. The van der Waals surface area contributed by atoms with Gasteiger partial charge in [-0.25, -0.2) is 13.4 Å². The monoisotopic (exact) mass is 494 g/mol. The Kier molecular flexibility index (Phi) is 6.12. The van der Waals surface area contributed by atoms with E-state index in [2.05, 4.69) is 20.5 Å². The molecule has 5 rings (SSSR count). The quantitative estimate of drug-likeness (QED) is 0.542. The summed E-state index contributed by atoms with van der Waals surface area (Å²) in [5.41, 5.74) is 1.72. The lowest BCUT2D eigenvalue weighted by Gasteiger charge is -2.33. The summed E-state index contributed by atoms with van der Waals surface area (Å²) in [5, 5.41) is 10.1. The zero-order valence-electron chi connectivity index (χ0n) is 19.3. The molecule has 2 N–H and O–H groups in total. The summed E-state index contributed by atoms with van der Waals surface area (Å²) in [6, 6.07) is 13.1. The third-order valence-corrected chi connectivity index (χ3v) is 8.20. The number of anilines is 1.